The van der Waals surface area contributed by atoms with Crippen molar-refractivity contribution in [2.24, 2.45) is 0 Å². The predicted octanol–water partition coefficient (Wildman–Crippen LogP) is 1.93. The maximum Gasteiger partial charge on any atom is 0.313 e. The molecule has 0 saturated carbocycles. The second kappa shape index (κ2) is 8.74. The van der Waals surface area contributed by atoms with Gasteiger partial charge in [-0.2, -0.15) is 9.78 Å². The van der Waals surface area contributed by atoms with E-state index in [-0.39, 0.29) is 23.8 Å². The van der Waals surface area contributed by atoms with Crippen molar-refractivity contribution in [2.75, 3.05) is 38.9 Å². The summed E-state index contributed by atoms with van der Waals surface area (Å²) in [5, 5.41) is 4.27. The third-order valence-corrected chi connectivity index (χ3v) is 5.37. The van der Waals surface area contributed by atoms with Crippen LogP contribution in [0.25, 0.3) is 0 Å². The molecule has 0 spiro atoms. The Kier molecular flexibility index (Phi) is 5.89. The van der Waals surface area contributed by atoms with Crippen LogP contribution in [-0.2, 0) is 16.0 Å². The lowest BCUT2D eigenvalue weighted by Crippen LogP contribution is -2.43. The van der Waals surface area contributed by atoms with Crippen LogP contribution in [0.5, 0.6) is 17.2 Å². The first-order valence-electron chi connectivity index (χ1n) is 10.00. The van der Waals surface area contributed by atoms with Crippen molar-refractivity contribution in [1.29, 1.82) is 0 Å². The number of hydrogen-bond donors (Lipinski definition) is 0. The molecule has 4 rings (SSSR count). The zero-order valence-corrected chi connectivity index (χ0v) is 17.1. The van der Waals surface area contributed by atoms with Crippen LogP contribution >= 0.6 is 0 Å². The lowest BCUT2D eigenvalue weighted by atomic mass is 10.1. The average Bonchev–Trinajstić information content (AvgIpc) is 2.79. The summed E-state index contributed by atoms with van der Waals surface area (Å²) in [6.45, 7) is 0.812. The number of benzene rings is 1. The Balaban J connectivity index is 1.56. The summed E-state index contributed by atoms with van der Waals surface area (Å²) in [5.74, 6) is 1.20. The maximum atomic E-state index is 12.9. The van der Waals surface area contributed by atoms with E-state index in [1.165, 1.54) is 10.9 Å². The van der Waals surface area contributed by atoms with E-state index in [0.29, 0.717) is 36.8 Å². The number of anilines is 1. The van der Waals surface area contributed by atoms with Gasteiger partial charge >= 0.3 is 5.56 Å². The summed E-state index contributed by atoms with van der Waals surface area (Å²) in [7, 11) is 3.16. The molecule has 1 fully saturated rings. The van der Waals surface area contributed by atoms with E-state index in [4.69, 9.17) is 18.9 Å². The van der Waals surface area contributed by atoms with Crippen molar-refractivity contribution in [2.45, 2.75) is 31.9 Å². The highest BCUT2D eigenvalue weighted by Gasteiger charge is 2.30. The van der Waals surface area contributed by atoms with Crippen LogP contribution in [-0.4, -0.2) is 49.7 Å². The Morgan fingerprint density at radius 2 is 2.00 bits per heavy atom. The quantitative estimate of drug-likeness (QED) is 0.712. The largest absolute Gasteiger partial charge is 0.493 e. The van der Waals surface area contributed by atoms with Gasteiger partial charge in [0.05, 0.1) is 20.4 Å². The number of rotatable bonds is 6. The van der Waals surface area contributed by atoms with Crippen LogP contribution in [0.3, 0.4) is 0 Å². The van der Waals surface area contributed by atoms with Gasteiger partial charge in [-0.1, -0.05) is 6.07 Å². The van der Waals surface area contributed by atoms with Crippen molar-refractivity contribution >= 4 is 11.6 Å². The van der Waals surface area contributed by atoms with E-state index in [1.807, 2.05) is 18.2 Å². The van der Waals surface area contributed by atoms with Gasteiger partial charge in [0.1, 0.15) is 5.69 Å². The molecule has 0 bridgehead atoms. The molecule has 2 aliphatic rings. The smallest absolute Gasteiger partial charge is 0.313 e. The Morgan fingerprint density at radius 3 is 2.73 bits per heavy atom. The summed E-state index contributed by atoms with van der Waals surface area (Å²) in [6.07, 6.45) is 4.38. The lowest BCUT2D eigenvalue weighted by Gasteiger charge is -2.30. The van der Waals surface area contributed by atoms with E-state index < -0.39 is 6.23 Å². The molecular weight excluding hydrogens is 390 g/mol. The van der Waals surface area contributed by atoms with E-state index in [9.17, 15) is 9.59 Å². The van der Waals surface area contributed by atoms with Gasteiger partial charge in [-0.3, -0.25) is 9.59 Å². The zero-order chi connectivity index (χ0) is 21.1. The van der Waals surface area contributed by atoms with E-state index in [2.05, 4.69) is 5.10 Å². The van der Waals surface area contributed by atoms with Crippen LogP contribution < -0.4 is 24.7 Å². The third-order valence-electron chi connectivity index (χ3n) is 5.37. The lowest BCUT2D eigenvalue weighted by molar-refractivity contribution is -0.121. The summed E-state index contributed by atoms with van der Waals surface area (Å²) < 4.78 is 23.1. The Labute approximate surface area is 174 Å². The van der Waals surface area contributed by atoms with Gasteiger partial charge < -0.3 is 23.8 Å². The number of carbonyl (C=O) groups is 1. The van der Waals surface area contributed by atoms with Crippen molar-refractivity contribution in [3.05, 3.63) is 40.3 Å². The predicted molar refractivity (Wildman–Crippen MR) is 108 cm³/mol. The molecule has 0 N–H and O–H groups in total. The number of ether oxygens (including phenoxy) is 4. The normalized spacial score (nSPS) is 18.5. The highest BCUT2D eigenvalue weighted by molar-refractivity contribution is 5.97. The first kappa shape index (κ1) is 20.2. The van der Waals surface area contributed by atoms with Crippen LogP contribution in [0.1, 0.15) is 31.1 Å². The third kappa shape index (κ3) is 3.85. The molecule has 0 aliphatic carbocycles. The van der Waals surface area contributed by atoms with Crippen LogP contribution in [0.4, 0.5) is 5.69 Å². The molecule has 1 amide bonds. The monoisotopic (exact) mass is 415 g/mol. The summed E-state index contributed by atoms with van der Waals surface area (Å²) in [5.41, 5.74) is 0.997. The van der Waals surface area contributed by atoms with Crippen LogP contribution in [0.2, 0.25) is 0 Å². The Hall–Kier alpha value is -3.07. The van der Waals surface area contributed by atoms with Gasteiger partial charge in [-0.25, -0.2) is 0 Å². The fraction of sp³-hybridized carbons (Fsp3) is 0.476. The molecule has 1 atom stereocenters. The maximum absolute atomic E-state index is 12.9. The molecule has 3 heterocycles. The Bertz CT molecular complexity index is 983. The molecule has 160 valence electrons. The molecule has 2 aromatic rings. The van der Waals surface area contributed by atoms with Gasteiger partial charge in [0, 0.05) is 13.2 Å². The van der Waals surface area contributed by atoms with Crippen molar-refractivity contribution in [3.8, 4) is 17.2 Å². The highest BCUT2D eigenvalue weighted by atomic mass is 16.5. The van der Waals surface area contributed by atoms with Crippen molar-refractivity contribution in [3.63, 3.8) is 0 Å². The van der Waals surface area contributed by atoms with Gasteiger partial charge in [0.25, 0.3) is 5.91 Å². The molecule has 1 saturated heterocycles. The molecule has 30 heavy (non-hydrogen) atoms. The summed E-state index contributed by atoms with van der Waals surface area (Å²) in [4.78, 5) is 27.0. The topological polar surface area (TPSA) is 92.1 Å². The fourth-order valence-electron chi connectivity index (χ4n) is 3.76. The van der Waals surface area contributed by atoms with Gasteiger partial charge in [-0.15, -0.1) is 0 Å². The van der Waals surface area contributed by atoms with E-state index in [0.717, 1.165) is 24.8 Å². The molecule has 1 unspecified atom stereocenters. The molecule has 1 aromatic heterocycles. The van der Waals surface area contributed by atoms with Gasteiger partial charge in [0.2, 0.25) is 5.75 Å². The molecular formula is C21H25N3O6. The number of amides is 1. The Morgan fingerprint density at radius 1 is 1.17 bits per heavy atom. The number of nitrogens with zero attached hydrogens (tertiary/aromatic N) is 3. The second-order valence-electron chi connectivity index (χ2n) is 7.20. The van der Waals surface area contributed by atoms with Gasteiger partial charge in [-0.05, 0) is 43.4 Å². The number of carbonyl (C=O) groups excluding carboxylic acids is 1. The molecule has 1 aromatic carbocycles. The van der Waals surface area contributed by atoms with E-state index >= 15 is 0 Å². The summed E-state index contributed by atoms with van der Waals surface area (Å²) >= 11 is 0. The zero-order valence-electron chi connectivity index (χ0n) is 17.1. The average molecular weight is 415 g/mol. The highest BCUT2D eigenvalue weighted by Crippen LogP contribution is 2.31. The molecule has 0 radical (unpaired) electrons. The first-order valence-corrected chi connectivity index (χ1v) is 10.00. The number of hydrogen-bond acceptors (Lipinski definition) is 7. The molecule has 9 nitrogen and oxygen atoms in total. The minimum atomic E-state index is -0.391. The fourth-order valence-corrected chi connectivity index (χ4v) is 3.76. The minimum absolute atomic E-state index is 0.145. The number of fused-ring (bicyclic) bond motifs is 1. The summed E-state index contributed by atoms with van der Waals surface area (Å²) in [6, 6.07) is 5.62. The van der Waals surface area contributed by atoms with Crippen molar-refractivity contribution in [1.82, 2.24) is 9.78 Å². The molecule has 2 aliphatic heterocycles. The van der Waals surface area contributed by atoms with Crippen LogP contribution in [0, 0.1) is 0 Å². The van der Waals surface area contributed by atoms with Gasteiger partial charge in [0.15, 0.2) is 24.3 Å². The first-order chi connectivity index (χ1) is 14.6. The number of aromatic nitrogens is 2. The second-order valence-corrected chi connectivity index (χ2v) is 7.20. The van der Waals surface area contributed by atoms with E-state index in [1.54, 1.807) is 19.1 Å². The number of methoxy groups -OCH3 is 2. The standard InChI is InChI=1S/C21H25N3O6/c1-27-16-7-6-14(11-17(16)28-2)8-9-23-15-12-22-24(19-5-3-4-10-29-19)21(26)20(15)30-13-18(23)25/h6-7,11-12,19H,3-5,8-10,13H2,1-2H3. The SMILES string of the molecule is COc1ccc(CCN2C(=O)COc3c2cnn(C2CCCCO2)c3=O)cc1OC. The molecule has 9 heteroatoms. The minimum Gasteiger partial charge on any atom is -0.493 e. The van der Waals surface area contributed by atoms with Crippen molar-refractivity contribution < 1.29 is 23.7 Å². The van der Waals surface area contributed by atoms with Crippen LogP contribution in [0.15, 0.2) is 29.2 Å².